The van der Waals surface area contributed by atoms with Gasteiger partial charge in [-0.15, -0.1) is 0 Å². The molecule has 3 atom stereocenters. The highest BCUT2D eigenvalue weighted by Crippen LogP contribution is 2.47. The Hall–Kier alpha value is -3.69. The summed E-state index contributed by atoms with van der Waals surface area (Å²) < 4.78 is 56.9. The molecule has 3 heterocycles. The summed E-state index contributed by atoms with van der Waals surface area (Å²) in [5.41, 5.74) is 7.78. The Labute approximate surface area is 203 Å². The number of anilines is 1. The monoisotopic (exact) mass is 497 g/mol. The summed E-state index contributed by atoms with van der Waals surface area (Å²) in [6.45, 7) is 2.43. The Morgan fingerprint density at radius 1 is 1.17 bits per heavy atom. The normalized spacial score (nSPS) is 22.0. The van der Waals surface area contributed by atoms with Gasteiger partial charge in [0.1, 0.15) is 17.2 Å². The zero-order valence-corrected chi connectivity index (χ0v) is 19.4. The lowest BCUT2D eigenvalue weighted by Crippen LogP contribution is -2.47. The van der Waals surface area contributed by atoms with Crippen LogP contribution < -0.4 is 5.73 Å². The zero-order chi connectivity index (χ0) is 25.4. The van der Waals surface area contributed by atoms with E-state index >= 15 is 4.39 Å². The molecule has 2 aromatic heterocycles. The van der Waals surface area contributed by atoms with Gasteiger partial charge in [0.2, 0.25) is 0 Å². The van der Waals surface area contributed by atoms with Crippen LogP contribution in [0.3, 0.4) is 0 Å². The van der Waals surface area contributed by atoms with E-state index < -0.39 is 29.5 Å². The Morgan fingerprint density at radius 3 is 2.75 bits per heavy atom. The molecule has 2 aromatic carbocycles. The molecule has 1 amide bonds. The smallest absolute Gasteiger partial charge is 0.382 e. The minimum Gasteiger partial charge on any atom is -0.382 e. The quantitative estimate of drug-likeness (QED) is 0.357. The molecule has 6 nitrogen and oxygen atoms in total. The Balaban J connectivity index is 1.46. The number of rotatable bonds is 1. The maximum Gasteiger partial charge on any atom is 0.416 e. The van der Waals surface area contributed by atoms with Gasteiger partial charge in [0.05, 0.1) is 40.7 Å². The molecule has 4 aromatic rings. The molecule has 186 valence electrons. The summed E-state index contributed by atoms with van der Waals surface area (Å²) in [6.07, 6.45) is 0.673. The van der Waals surface area contributed by atoms with Crippen LogP contribution in [0.1, 0.15) is 52.9 Å². The average Bonchev–Trinajstić information content (AvgIpc) is 3.32. The number of nitrogen functional groups attached to an aromatic ring is 1. The van der Waals surface area contributed by atoms with Gasteiger partial charge in [-0.05, 0) is 60.4 Å². The average molecular weight is 497 g/mol. The molecule has 1 fully saturated rings. The molecule has 0 radical (unpaired) electrons. The van der Waals surface area contributed by atoms with Crippen molar-refractivity contribution in [3.8, 4) is 0 Å². The molecule has 6 rings (SSSR count). The second-order valence-electron chi connectivity index (χ2n) is 9.92. The van der Waals surface area contributed by atoms with Gasteiger partial charge in [-0.1, -0.05) is 13.0 Å². The highest BCUT2D eigenvalue weighted by Gasteiger charge is 2.43. The zero-order valence-electron chi connectivity index (χ0n) is 19.4. The van der Waals surface area contributed by atoms with E-state index in [1.54, 1.807) is 9.30 Å². The first-order chi connectivity index (χ1) is 17.1. The standard InChI is InChI=1S/C26H23F4N5O/c1-13-6-15-3-2-14-7-16(26(28,29)30)4-5-17(14)23(15)34(11-13)25(36)18-8-21-20(9-19(18)27)33-24(31)22-10-32-12-35(21)22/h4-5,7-10,12-13,15,23H,2-3,6,11H2,1H3,(H2,31,33)/t13?,15?,23-/m1/s1. The van der Waals surface area contributed by atoms with Gasteiger partial charge in [0, 0.05) is 12.6 Å². The van der Waals surface area contributed by atoms with Crippen LogP contribution in [0.25, 0.3) is 16.6 Å². The molecule has 0 spiro atoms. The van der Waals surface area contributed by atoms with Gasteiger partial charge in [-0.3, -0.25) is 9.20 Å². The number of halogens is 4. The molecule has 1 aliphatic carbocycles. The third-order valence-electron chi connectivity index (χ3n) is 7.53. The summed E-state index contributed by atoms with van der Waals surface area (Å²) in [5.74, 6) is -0.752. The number of fused-ring (bicyclic) bond motifs is 6. The van der Waals surface area contributed by atoms with E-state index in [-0.39, 0.29) is 23.2 Å². The van der Waals surface area contributed by atoms with E-state index in [1.165, 1.54) is 36.8 Å². The van der Waals surface area contributed by atoms with E-state index in [0.717, 1.165) is 12.5 Å². The third-order valence-corrected chi connectivity index (χ3v) is 7.53. The molecular formula is C26H23F4N5O. The van der Waals surface area contributed by atoms with Crippen molar-refractivity contribution in [1.29, 1.82) is 0 Å². The first kappa shape index (κ1) is 22.8. The van der Waals surface area contributed by atoms with Gasteiger partial charge in [-0.2, -0.15) is 13.2 Å². The number of nitrogens with zero attached hydrogens (tertiary/aromatic N) is 4. The number of piperidine rings is 1. The Bertz CT molecular complexity index is 1530. The van der Waals surface area contributed by atoms with Crippen LogP contribution in [0, 0.1) is 17.7 Å². The molecule has 2 unspecified atom stereocenters. The molecule has 2 N–H and O–H groups in total. The van der Waals surface area contributed by atoms with Crippen molar-refractivity contribution >= 4 is 28.3 Å². The largest absolute Gasteiger partial charge is 0.416 e. The minimum absolute atomic E-state index is 0.0901. The van der Waals surface area contributed by atoms with Gasteiger partial charge >= 0.3 is 6.18 Å². The van der Waals surface area contributed by atoms with E-state index in [4.69, 9.17) is 5.73 Å². The number of amides is 1. The highest BCUT2D eigenvalue weighted by molar-refractivity contribution is 5.99. The number of hydrogen-bond donors (Lipinski definition) is 1. The van der Waals surface area contributed by atoms with Gasteiger partial charge in [-0.25, -0.2) is 14.4 Å². The number of aromatic nitrogens is 3. The summed E-state index contributed by atoms with van der Waals surface area (Å²) in [4.78, 5) is 23.9. The molecular weight excluding hydrogens is 474 g/mol. The van der Waals surface area contributed by atoms with E-state index in [0.29, 0.717) is 47.1 Å². The van der Waals surface area contributed by atoms with Crippen LogP contribution in [-0.4, -0.2) is 31.7 Å². The fraction of sp³-hybridized carbons (Fsp3) is 0.346. The number of alkyl halides is 3. The summed E-state index contributed by atoms with van der Waals surface area (Å²) in [6, 6.07) is 5.99. The number of nitrogens with two attached hydrogens (primary N) is 1. The second-order valence-corrected chi connectivity index (χ2v) is 9.92. The lowest BCUT2D eigenvalue weighted by molar-refractivity contribution is -0.137. The highest BCUT2D eigenvalue weighted by atomic mass is 19.4. The van der Waals surface area contributed by atoms with E-state index in [2.05, 4.69) is 9.97 Å². The molecule has 1 saturated heterocycles. The fourth-order valence-corrected chi connectivity index (χ4v) is 5.97. The van der Waals surface area contributed by atoms with Crippen molar-refractivity contribution in [3.05, 3.63) is 70.9 Å². The first-order valence-corrected chi connectivity index (χ1v) is 11.8. The van der Waals surface area contributed by atoms with Crippen LogP contribution in [0.15, 0.2) is 42.9 Å². The molecule has 1 aliphatic heterocycles. The van der Waals surface area contributed by atoms with Crippen molar-refractivity contribution in [2.24, 2.45) is 11.8 Å². The number of hydrogen-bond acceptors (Lipinski definition) is 4. The summed E-state index contributed by atoms with van der Waals surface area (Å²) in [7, 11) is 0. The number of likely N-dealkylation sites (tertiary alicyclic amines) is 1. The summed E-state index contributed by atoms with van der Waals surface area (Å²) in [5, 5.41) is 0. The molecule has 10 heteroatoms. The van der Waals surface area contributed by atoms with E-state index in [1.807, 2.05) is 6.92 Å². The van der Waals surface area contributed by atoms with Crippen LogP contribution in [0.5, 0.6) is 0 Å². The van der Waals surface area contributed by atoms with Crippen LogP contribution >= 0.6 is 0 Å². The number of imidazole rings is 1. The number of carbonyl (C=O) groups excluding carboxylic acids is 1. The number of benzene rings is 2. The maximum atomic E-state index is 15.3. The molecule has 36 heavy (non-hydrogen) atoms. The maximum absolute atomic E-state index is 15.3. The van der Waals surface area contributed by atoms with Crippen molar-refractivity contribution in [1.82, 2.24) is 19.3 Å². The lowest BCUT2D eigenvalue weighted by atomic mass is 9.72. The molecule has 0 saturated carbocycles. The van der Waals surface area contributed by atoms with Crippen molar-refractivity contribution in [2.75, 3.05) is 12.3 Å². The van der Waals surface area contributed by atoms with Crippen LogP contribution in [-0.2, 0) is 12.6 Å². The predicted octanol–water partition coefficient (Wildman–Crippen LogP) is 5.41. The molecule has 0 bridgehead atoms. The molecule has 2 aliphatic rings. The van der Waals surface area contributed by atoms with Crippen LogP contribution in [0.4, 0.5) is 23.4 Å². The fourth-order valence-electron chi connectivity index (χ4n) is 5.97. The Kier molecular flexibility index (Phi) is 5.00. The second kappa shape index (κ2) is 7.91. The van der Waals surface area contributed by atoms with Gasteiger partial charge in [0.25, 0.3) is 5.91 Å². The van der Waals surface area contributed by atoms with Crippen molar-refractivity contribution in [3.63, 3.8) is 0 Å². The first-order valence-electron chi connectivity index (χ1n) is 11.8. The summed E-state index contributed by atoms with van der Waals surface area (Å²) >= 11 is 0. The Morgan fingerprint density at radius 2 is 1.97 bits per heavy atom. The van der Waals surface area contributed by atoms with Crippen LogP contribution in [0.2, 0.25) is 0 Å². The predicted molar refractivity (Wildman–Crippen MR) is 126 cm³/mol. The minimum atomic E-state index is -4.44. The van der Waals surface area contributed by atoms with Gasteiger partial charge < -0.3 is 10.6 Å². The van der Waals surface area contributed by atoms with Crippen molar-refractivity contribution in [2.45, 2.75) is 38.4 Å². The lowest BCUT2D eigenvalue weighted by Gasteiger charge is -2.47. The third kappa shape index (κ3) is 3.50. The SMILES string of the molecule is CC1CC2CCc3cc(C(F)(F)F)ccc3[C@@H]2N(C(=O)c2cc3c(cc2F)nc(N)c2cncn23)C1. The van der Waals surface area contributed by atoms with Gasteiger partial charge in [0.15, 0.2) is 0 Å². The van der Waals surface area contributed by atoms with Crippen molar-refractivity contribution < 1.29 is 22.4 Å². The number of carbonyl (C=O) groups is 1. The van der Waals surface area contributed by atoms with E-state index in [9.17, 15) is 18.0 Å². The number of aryl methyl sites for hydroxylation is 1. The topological polar surface area (TPSA) is 76.5 Å².